The van der Waals surface area contributed by atoms with Crippen molar-refractivity contribution in [3.63, 3.8) is 0 Å². The van der Waals surface area contributed by atoms with Crippen LogP contribution in [0, 0.1) is 5.82 Å². The number of pyridine rings is 1. The van der Waals surface area contributed by atoms with Gasteiger partial charge in [0, 0.05) is 17.6 Å². The predicted molar refractivity (Wildman–Crippen MR) is 97.2 cm³/mol. The molecule has 3 aromatic rings. The van der Waals surface area contributed by atoms with Gasteiger partial charge >= 0.3 is 6.03 Å². The second-order valence-electron chi connectivity index (χ2n) is 5.32. The van der Waals surface area contributed by atoms with Gasteiger partial charge in [-0.2, -0.15) is 0 Å². The number of halogens is 2. The number of urea groups is 1. The summed E-state index contributed by atoms with van der Waals surface area (Å²) in [5, 5.41) is 8.06. The Morgan fingerprint density at radius 2 is 2.00 bits per heavy atom. The number of nitrogens with zero attached hydrogens (tertiary/aromatic N) is 1. The summed E-state index contributed by atoms with van der Waals surface area (Å²) >= 11 is 7.27. The molecular weight excluding hydrogens is 361 g/mol. The minimum absolute atomic E-state index is 0.312. The fraction of sp³-hybridized carbons (Fsp3) is 0.111. The van der Waals surface area contributed by atoms with E-state index in [1.165, 1.54) is 23.5 Å². The van der Waals surface area contributed by atoms with Crippen LogP contribution in [0.5, 0.6) is 0 Å². The van der Waals surface area contributed by atoms with Gasteiger partial charge in [0.25, 0.3) is 0 Å². The van der Waals surface area contributed by atoms with Crippen molar-refractivity contribution in [3.05, 3.63) is 87.1 Å². The Morgan fingerprint density at radius 3 is 2.64 bits per heavy atom. The molecule has 2 amide bonds. The maximum absolute atomic E-state index is 13.2. The lowest BCUT2D eigenvalue weighted by Gasteiger charge is -2.18. The molecule has 0 bridgehead atoms. The smallest absolute Gasteiger partial charge is 0.315 e. The molecule has 25 heavy (non-hydrogen) atoms. The minimum atomic E-state index is -0.344. The molecular formula is C18H15ClFN3OS. The normalized spacial score (nSPS) is 11.8. The lowest BCUT2D eigenvalue weighted by molar-refractivity contribution is 0.238. The molecule has 0 saturated heterocycles. The Bertz CT molecular complexity index is 823. The summed E-state index contributed by atoms with van der Waals surface area (Å²) in [6.07, 6.45) is 1.61. The van der Waals surface area contributed by atoms with E-state index in [1.54, 1.807) is 30.5 Å². The summed E-state index contributed by atoms with van der Waals surface area (Å²) in [6, 6.07) is 12.8. The first-order chi connectivity index (χ1) is 12.1. The Labute approximate surface area is 153 Å². The number of rotatable bonds is 5. The minimum Gasteiger partial charge on any atom is -0.334 e. The highest BCUT2D eigenvalue weighted by atomic mass is 35.5. The molecule has 128 valence electrons. The third-order valence-electron chi connectivity index (χ3n) is 3.55. The van der Waals surface area contributed by atoms with Crippen LogP contribution in [-0.4, -0.2) is 11.0 Å². The van der Waals surface area contributed by atoms with Gasteiger partial charge in [-0.05, 0) is 40.8 Å². The van der Waals surface area contributed by atoms with Gasteiger partial charge in [-0.3, -0.25) is 0 Å². The summed E-state index contributed by atoms with van der Waals surface area (Å²) in [5.74, 6) is -0.312. The van der Waals surface area contributed by atoms with Crippen LogP contribution in [-0.2, 0) is 6.54 Å². The fourth-order valence-electron chi connectivity index (χ4n) is 2.30. The van der Waals surface area contributed by atoms with E-state index in [1.807, 2.05) is 17.5 Å². The molecule has 0 fully saturated rings. The average molecular weight is 376 g/mol. The van der Waals surface area contributed by atoms with Crippen molar-refractivity contribution in [3.8, 4) is 0 Å². The highest BCUT2D eigenvalue weighted by molar-refractivity contribution is 7.10. The molecule has 4 nitrogen and oxygen atoms in total. The van der Waals surface area contributed by atoms with Gasteiger partial charge in [0.05, 0.1) is 6.04 Å². The zero-order valence-corrected chi connectivity index (χ0v) is 14.7. The van der Waals surface area contributed by atoms with Crippen LogP contribution >= 0.6 is 22.9 Å². The topological polar surface area (TPSA) is 54.0 Å². The molecule has 1 aromatic carbocycles. The molecule has 7 heteroatoms. The predicted octanol–water partition coefficient (Wildman–Crippen LogP) is 4.52. The van der Waals surface area contributed by atoms with E-state index in [4.69, 9.17) is 11.6 Å². The van der Waals surface area contributed by atoms with E-state index in [0.29, 0.717) is 11.7 Å². The Kier molecular flexibility index (Phi) is 5.63. The summed E-state index contributed by atoms with van der Waals surface area (Å²) < 4.78 is 13.2. The first kappa shape index (κ1) is 17.4. The van der Waals surface area contributed by atoms with E-state index in [2.05, 4.69) is 15.6 Å². The van der Waals surface area contributed by atoms with Gasteiger partial charge in [-0.25, -0.2) is 14.2 Å². The van der Waals surface area contributed by atoms with E-state index in [9.17, 15) is 9.18 Å². The van der Waals surface area contributed by atoms with Crippen molar-refractivity contribution in [1.29, 1.82) is 0 Å². The van der Waals surface area contributed by atoms with Crippen molar-refractivity contribution in [2.24, 2.45) is 0 Å². The molecule has 1 atom stereocenters. The zero-order chi connectivity index (χ0) is 17.6. The fourth-order valence-corrected chi connectivity index (χ4v) is 3.22. The SMILES string of the molecule is O=C(NCc1ccc(Cl)nc1)NC(c1ccc(F)cc1)c1cccs1. The molecule has 0 aliphatic heterocycles. The number of thiophene rings is 1. The maximum Gasteiger partial charge on any atom is 0.315 e. The largest absolute Gasteiger partial charge is 0.334 e. The third kappa shape index (κ3) is 4.78. The molecule has 0 spiro atoms. The summed E-state index contributed by atoms with van der Waals surface area (Å²) in [5.41, 5.74) is 1.65. The van der Waals surface area contributed by atoms with Gasteiger partial charge in [0.2, 0.25) is 0 Å². The van der Waals surface area contributed by atoms with Crippen LogP contribution in [0.15, 0.2) is 60.1 Å². The summed E-state index contributed by atoms with van der Waals surface area (Å²) in [7, 11) is 0. The molecule has 1 unspecified atom stereocenters. The Hall–Kier alpha value is -2.44. The number of hydrogen-bond donors (Lipinski definition) is 2. The molecule has 0 saturated carbocycles. The van der Waals surface area contributed by atoms with Gasteiger partial charge in [-0.15, -0.1) is 11.3 Å². The van der Waals surface area contributed by atoms with E-state index in [0.717, 1.165) is 16.0 Å². The number of carbonyl (C=O) groups excluding carboxylic acids is 1. The number of amides is 2. The molecule has 0 aliphatic rings. The average Bonchev–Trinajstić information content (AvgIpc) is 3.14. The van der Waals surface area contributed by atoms with Crippen LogP contribution in [0.1, 0.15) is 22.0 Å². The van der Waals surface area contributed by atoms with Crippen molar-refractivity contribution in [2.75, 3.05) is 0 Å². The quantitative estimate of drug-likeness (QED) is 0.644. The van der Waals surface area contributed by atoms with Gasteiger partial charge in [-0.1, -0.05) is 35.9 Å². The van der Waals surface area contributed by atoms with Gasteiger partial charge < -0.3 is 10.6 Å². The van der Waals surface area contributed by atoms with Crippen molar-refractivity contribution >= 4 is 29.0 Å². The molecule has 3 rings (SSSR count). The second-order valence-corrected chi connectivity index (χ2v) is 6.68. The summed E-state index contributed by atoms with van der Waals surface area (Å²) in [4.78, 5) is 17.2. The van der Waals surface area contributed by atoms with Crippen LogP contribution in [0.4, 0.5) is 9.18 Å². The van der Waals surface area contributed by atoms with Gasteiger partial charge in [0.1, 0.15) is 11.0 Å². The first-order valence-corrected chi connectivity index (χ1v) is 8.81. The lowest BCUT2D eigenvalue weighted by atomic mass is 10.1. The summed E-state index contributed by atoms with van der Waals surface area (Å²) in [6.45, 7) is 0.330. The molecule has 0 radical (unpaired) electrons. The van der Waals surface area contributed by atoms with Crippen LogP contribution in [0.25, 0.3) is 0 Å². The van der Waals surface area contributed by atoms with Crippen LogP contribution < -0.4 is 10.6 Å². The Morgan fingerprint density at radius 1 is 1.20 bits per heavy atom. The highest BCUT2D eigenvalue weighted by Crippen LogP contribution is 2.26. The third-order valence-corrected chi connectivity index (χ3v) is 4.71. The molecule has 2 N–H and O–H groups in total. The van der Waals surface area contributed by atoms with Crippen LogP contribution in [0.2, 0.25) is 5.15 Å². The first-order valence-electron chi connectivity index (χ1n) is 7.55. The number of benzene rings is 1. The monoisotopic (exact) mass is 375 g/mol. The maximum atomic E-state index is 13.2. The van der Waals surface area contributed by atoms with E-state index in [-0.39, 0.29) is 17.9 Å². The Balaban J connectivity index is 1.68. The van der Waals surface area contributed by atoms with Crippen molar-refractivity contribution in [1.82, 2.24) is 15.6 Å². The molecule has 2 aromatic heterocycles. The molecule has 2 heterocycles. The van der Waals surface area contributed by atoms with E-state index < -0.39 is 0 Å². The number of hydrogen-bond acceptors (Lipinski definition) is 3. The number of aromatic nitrogens is 1. The standard InChI is InChI=1S/C18H15ClFN3OS/c19-16-8-3-12(10-21-16)11-22-18(24)23-17(15-2-1-9-25-15)13-4-6-14(20)7-5-13/h1-10,17H,11H2,(H2,22,23,24). The number of nitrogens with one attached hydrogen (secondary N) is 2. The van der Waals surface area contributed by atoms with Crippen LogP contribution in [0.3, 0.4) is 0 Å². The van der Waals surface area contributed by atoms with Crippen molar-refractivity contribution < 1.29 is 9.18 Å². The second kappa shape index (κ2) is 8.09. The molecule has 0 aliphatic carbocycles. The van der Waals surface area contributed by atoms with Crippen molar-refractivity contribution in [2.45, 2.75) is 12.6 Å². The van der Waals surface area contributed by atoms with Gasteiger partial charge in [0.15, 0.2) is 0 Å². The lowest BCUT2D eigenvalue weighted by Crippen LogP contribution is -2.37. The number of carbonyl (C=O) groups is 1. The van der Waals surface area contributed by atoms with E-state index >= 15 is 0 Å². The zero-order valence-electron chi connectivity index (χ0n) is 13.1. The highest BCUT2D eigenvalue weighted by Gasteiger charge is 2.17.